The number of rotatable bonds is 2. The Morgan fingerprint density at radius 1 is 1.35 bits per heavy atom. The highest BCUT2D eigenvalue weighted by Gasteiger charge is 2.45. The third kappa shape index (κ3) is 1.42. The monoisotopic (exact) mass is 229 g/mol. The number of aryl methyl sites for hydroxylation is 1. The molecule has 0 spiro atoms. The van der Waals surface area contributed by atoms with Crippen LogP contribution in [0.5, 0.6) is 0 Å². The first kappa shape index (κ1) is 10.5. The van der Waals surface area contributed by atoms with Crippen molar-refractivity contribution in [2.24, 2.45) is 7.05 Å². The third-order valence-corrected chi connectivity index (χ3v) is 3.86. The average molecular weight is 229 g/mol. The second kappa shape index (κ2) is 3.44. The van der Waals surface area contributed by atoms with Crippen LogP contribution < -0.4 is 5.56 Å². The molecule has 0 radical (unpaired) electrons. The zero-order valence-corrected chi connectivity index (χ0v) is 9.81. The summed E-state index contributed by atoms with van der Waals surface area (Å²) in [6.07, 6.45) is 1.83. The molecule has 17 heavy (non-hydrogen) atoms. The summed E-state index contributed by atoms with van der Waals surface area (Å²) in [5.41, 5.74) is 1.46. The summed E-state index contributed by atoms with van der Waals surface area (Å²) in [6, 6.07) is 9.79. The van der Waals surface area contributed by atoms with E-state index in [2.05, 4.69) is 0 Å². The van der Waals surface area contributed by atoms with Gasteiger partial charge in [0.25, 0.3) is 5.56 Å². The van der Waals surface area contributed by atoms with Crippen molar-refractivity contribution < 1.29 is 5.11 Å². The van der Waals surface area contributed by atoms with Gasteiger partial charge in [-0.15, -0.1) is 0 Å². The van der Waals surface area contributed by atoms with Crippen molar-refractivity contribution >= 4 is 10.9 Å². The van der Waals surface area contributed by atoms with Crippen LogP contribution >= 0.6 is 0 Å². The van der Waals surface area contributed by atoms with E-state index in [1.165, 1.54) is 0 Å². The predicted molar refractivity (Wildman–Crippen MR) is 67.2 cm³/mol. The molecule has 0 aliphatic heterocycles. The summed E-state index contributed by atoms with van der Waals surface area (Å²) >= 11 is 0. The molecule has 1 aromatic carbocycles. The first-order valence-corrected chi connectivity index (χ1v) is 5.88. The summed E-state index contributed by atoms with van der Waals surface area (Å²) < 4.78 is 1.68. The van der Waals surface area contributed by atoms with Gasteiger partial charge in [-0.3, -0.25) is 4.79 Å². The smallest absolute Gasteiger partial charge is 0.254 e. The Hall–Kier alpha value is -1.61. The minimum atomic E-state index is -0.265. The molecule has 0 amide bonds. The zero-order chi connectivity index (χ0) is 12.0. The van der Waals surface area contributed by atoms with Gasteiger partial charge in [-0.2, -0.15) is 0 Å². The Labute approximate surface area is 99.3 Å². The van der Waals surface area contributed by atoms with Crippen molar-refractivity contribution in [3.8, 4) is 0 Å². The quantitative estimate of drug-likeness (QED) is 0.849. The van der Waals surface area contributed by atoms with Gasteiger partial charge in [-0.05, 0) is 30.4 Å². The predicted octanol–water partition coefficient (Wildman–Crippen LogP) is 1.56. The Bertz CT molecular complexity index is 638. The lowest BCUT2D eigenvalue weighted by molar-refractivity contribution is 0.254. The van der Waals surface area contributed by atoms with Crippen LogP contribution in [0.25, 0.3) is 10.9 Å². The fourth-order valence-corrected chi connectivity index (χ4v) is 2.47. The maximum Gasteiger partial charge on any atom is 0.254 e. The number of hydrogen-bond acceptors (Lipinski definition) is 2. The van der Waals surface area contributed by atoms with Crippen LogP contribution in [0.4, 0.5) is 0 Å². The topological polar surface area (TPSA) is 42.2 Å². The molecule has 1 saturated carbocycles. The average Bonchev–Trinajstić information content (AvgIpc) is 3.15. The molecular weight excluding hydrogens is 214 g/mol. The Morgan fingerprint density at radius 3 is 2.71 bits per heavy atom. The molecule has 2 aromatic rings. The van der Waals surface area contributed by atoms with Gasteiger partial charge in [0, 0.05) is 18.0 Å². The van der Waals surface area contributed by atoms with Gasteiger partial charge in [-0.1, -0.05) is 18.2 Å². The largest absolute Gasteiger partial charge is 0.395 e. The number of nitrogens with zero attached hydrogens (tertiary/aromatic N) is 1. The number of fused-ring (bicyclic) bond motifs is 1. The second-order valence-corrected chi connectivity index (χ2v) is 4.92. The first-order valence-electron chi connectivity index (χ1n) is 5.88. The third-order valence-electron chi connectivity index (χ3n) is 3.86. The van der Waals surface area contributed by atoms with E-state index in [9.17, 15) is 9.90 Å². The molecule has 1 fully saturated rings. The van der Waals surface area contributed by atoms with Crippen LogP contribution in [-0.2, 0) is 12.5 Å². The number of aliphatic hydroxyl groups excluding tert-OH is 1. The lowest BCUT2D eigenvalue weighted by Crippen LogP contribution is -2.28. The summed E-state index contributed by atoms with van der Waals surface area (Å²) in [4.78, 5) is 12.3. The van der Waals surface area contributed by atoms with Crippen molar-refractivity contribution in [3.05, 3.63) is 46.2 Å². The van der Waals surface area contributed by atoms with Crippen LogP contribution in [-0.4, -0.2) is 16.3 Å². The zero-order valence-electron chi connectivity index (χ0n) is 9.81. The number of pyridine rings is 1. The van der Waals surface area contributed by atoms with Gasteiger partial charge in [0.05, 0.1) is 12.1 Å². The van der Waals surface area contributed by atoms with E-state index in [1.807, 2.05) is 30.3 Å². The van der Waals surface area contributed by atoms with Gasteiger partial charge < -0.3 is 9.67 Å². The molecule has 1 aromatic heterocycles. The number of hydrogen-bond donors (Lipinski definition) is 1. The SMILES string of the molecule is Cn1c(=O)c(C2(CO)CC2)cc2ccccc21. The van der Waals surface area contributed by atoms with E-state index in [1.54, 1.807) is 11.6 Å². The highest BCUT2D eigenvalue weighted by Crippen LogP contribution is 2.46. The molecule has 1 aliphatic carbocycles. The van der Waals surface area contributed by atoms with Gasteiger partial charge in [-0.25, -0.2) is 0 Å². The number of benzene rings is 1. The van der Waals surface area contributed by atoms with Crippen molar-refractivity contribution in [1.29, 1.82) is 0 Å². The molecule has 0 bridgehead atoms. The van der Waals surface area contributed by atoms with Crippen LogP contribution in [0.15, 0.2) is 35.1 Å². The number of aliphatic hydroxyl groups is 1. The number of para-hydroxylation sites is 1. The van der Waals surface area contributed by atoms with Gasteiger partial charge in [0.2, 0.25) is 0 Å². The Kier molecular flexibility index (Phi) is 2.13. The van der Waals surface area contributed by atoms with Crippen molar-refractivity contribution in [1.82, 2.24) is 4.57 Å². The minimum absolute atomic E-state index is 0.0234. The molecule has 1 N–H and O–H groups in total. The summed E-state index contributed by atoms with van der Waals surface area (Å²) in [7, 11) is 1.79. The molecule has 3 nitrogen and oxygen atoms in total. The van der Waals surface area contributed by atoms with E-state index in [0.29, 0.717) is 0 Å². The van der Waals surface area contributed by atoms with Crippen LogP contribution in [0.1, 0.15) is 18.4 Å². The van der Waals surface area contributed by atoms with E-state index in [0.717, 1.165) is 29.3 Å². The molecule has 0 unspecified atom stereocenters. The fraction of sp³-hybridized carbons (Fsp3) is 0.357. The second-order valence-electron chi connectivity index (χ2n) is 4.92. The lowest BCUT2D eigenvalue weighted by atomic mass is 9.97. The highest BCUT2D eigenvalue weighted by atomic mass is 16.3. The molecule has 3 rings (SSSR count). The molecule has 1 heterocycles. The lowest BCUT2D eigenvalue weighted by Gasteiger charge is -2.14. The van der Waals surface area contributed by atoms with E-state index in [4.69, 9.17) is 0 Å². The molecule has 0 saturated heterocycles. The maximum absolute atomic E-state index is 12.3. The van der Waals surface area contributed by atoms with Gasteiger partial charge in [0.1, 0.15) is 0 Å². The number of aromatic nitrogens is 1. The van der Waals surface area contributed by atoms with Crippen LogP contribution in [0.2, 0.25) is 0 Å². The van der Waals surface area contributed by atoms with E-state index in [-0.39, 0.29) is 17.6 Å². The molecule has 1 aliphatic rings. The summed E-state index contributed by atoms with van der Waals surface area (Å²) in [5, 5.41) is 10.5. The van der Waals surface area contributed by atoms with Crippen molar-refractivity contribution in [2.45, 2.75) is 18.3 Å². The molecule has 3 heteroatoms. The van der Waals surface area contributed by atoms with Crippen LogP contribution in [0.3, 0.4) is 0 Å². The van der Waals surface area contributed by atoms with Gasteiger partial charge >= 0.3 is 0 Å². The molecular formula is C14H15NO2. The summed E-state index contributed by atoms with van der Waals surface area (Å²) in [6.45, 7) is 0.0700. The van der Waals surface area contributed by atoms with Crippen molar-refractivity contribution in [3.63, 3.8) is 0 Å². The Balaban J connectivity index is 2.34. The van der Waals surface area contributed by atoms with Crippen molar-refractivity contribution in [2.75, 3.05) is 6.61 Å². The first-order chi connectivity index (χ1) is 8.18. The van der Waals surface area contributed by atoms with E-state index < -0.39 is 0 Å². The van der Waals surface area contributed by atoms with E-state index >= 15 is 0 Å². The standard InChI is InChI=1S/C14H15NO2/c1-15-12-5-3-2-4-10(12)8-11(13(15)17)14(9-16)6-7-14/h2-5,8,16H,6-7,9H2,1H3. The normalized spacial score (nSPS) is 17.3. The van der Waals surface area contributed by atoms with Gasteiger partial charge in [0.15, 0.2) is 0 Å². The fourth-order valence-electron chi connectivity index (χ4n) is 2.47. The minimum Gasteiger partial charge on any atom is -0.395 e. The van der Waals surface area contributed by atoms with Crippen LogP contribution in [0, 0.1) is 0 Å². The highest BCUT2D eigenvalue weighted by molar-refractivity contribution is 5.79. The summed E-state index contributed by atoms with van der Waals surface area (Å²) in [5.74, 6) is 0. The maximum atomic E-state index is 12.3. The Morgan fingerprint density at radius 2 is 2.06 bits per heavy atom. The molecule has 0 atom stereocenters. The molecule has 88 valence electrons.